The van der Waals surface area contributed by atoms with Crippen LogP contribution in [-0.2, 0) is 6.54 Å². The first kappa shape index (κ1) is 14.9. The molecule has 0 aromatic heterocycles. The Balaban J connectivity index is 1.53. The van der Waals surface area contributed by atoms with Gasteiger partial charge in [-0.2, -0.15) is 0 Å². The van der Waals surface area contributed by atoms with Crippen LogP contribution in [0.4, 0.5) is 0 Å². The third kappa shape index (κ3) is 3.09. The number of methoxy groups -OCH3 is 1. The molecule has 3 rings (SSSR count). The minimum atomic E-state index is 0.243. The number of rotatable bonds is 5. The lowest BCUT2D eigenvalue weighted by molar-refractivity contribution is 0.287. The van der Waals surface area contributed by atoms with Crippen LogP contribution in [0.5, 0.6) is 11.5 Å². The Labute approximate surface area is 131 Å². The highest BCUT2D eigenvalue weighted by Crippen LogP contribution is 2.37. The first-order valence-electron chi connectivity index (χ1n) is 7.82. The van der Waals surface area contributed by atoms with E-state index < -0.39 is 0 Å². The molecule has 3 nitrogen and oxygen atoms in total. The van der Waals surface area contributed by atoms with Crippen LogP contribution in [0.3, 0.4) is 0 Å². The summed E-state index contributed by atoms with van der Waals surface area (Å²) in [7, 11) is 1.57. The van der Waals surface area contributed by atoms with Crippen molar-refractivity contribution < 1.29 is 9.84 Å². The lowest BCUT2D eigenvalue weighted by Gasteiger charge is -2.36. The molecule has 0 atom stereocenters. The molecule has 0 unspecified atom stereocenters. The molecule has 1 saturated carbocycles. The zero-order valence-corrected chi connectivity index (χ0v) is 13.2. The summed E-state index contributed by atoms with van der Waals surface area (Å²) >= 11 is 0. The van der Waals surface area contributed by atoms with Crippen molar-refractivity contribution in [1.29, 1.82) is 0 Å². The zero-order chi connectivity index (χ0) is 15.5. The molecule has 2 aromatic rings. The van der Waals surface area contributed by atoms with Crippen LogP contribution < -0.4 is 10.1 Å². The van der Waals surface area contributed by atoms with Gasteiger partial charge in [0.2, 0.25) is 0 Å². The normalized spacial score (nSPS) is 20.5. The second-order valence-corrected chi connectivity index (χ2v) is 6.13. The van der Waals surface area contributed by atoms with E-state index in [0.29, 0.717) is 24.3 Å². The van der Waals surface area contributed by atoms with E-state index in [4.69, 9.17) is 4.74 Å². The Bertz CT molecular complexity index is 648. The van der Waals surface area contributed by atoms with Gasteiger partial charge >= 0.3 is 0 Å². The van der Waals surface area contributed by atoms with Gasteiger partial charge in [0.25, 0.3) is 0 Å². The van der Waals surface area contributed by atoms with Gasteiger partial charge in [-0.1, -0.05) is 42.0 Å². The molecule has 0 aliphatic heterocycles. The van der Waals surface area contributed by atoms with Gasteiger partial charge in [0, 0.05) is 18.2 Å². The van der Waals surface area contributed by atoms with Crippen LogP contribution in [0.2, 0.25) is 0 Å². The minimum absolute atomic E-state index is 0.243. The van der Waals surface area contributed by atoms with Crippen molar-refractivity contribution in [2.75, 3.05) is 7.11 Å². The third-order valence-electron chi connectivity index (χ3n) is 4.54. The largest absolute Gasteiger partial charge is 0.504 e. The summed E-state index contributed by atoms with van der Waals surface area (Å²) < 4.78 is 5.14. The Morgan fingerprint density at radius 2 is 1.95 bits per heavy atom. The van der Waals surface area contributed by atoms with Gasteiger partial charge in [-0.25, -0.2) is 0 Å². The number of phenolic OH excluding ortho intramolecular Hbond substituents is 1. The number of aryl methyl sites for hydroxylation is 1. The van der Waals surface area contributed by atoms with Gasteiger partial charge in [0.05, 0.1) is 7.11 Å². The lowest BCUT2D eigenvalue weighted by atomic mass is 9.75. The minimum Gasteiger partial charge on any atom is -0.504 e. The Morgan fingerprint density at radius 1 is 1.18 bits per heavy atom. The number of para-hydroxylation sites is 1. The number of ether oxygens (including phenoxy) is 1. The number of nitrogens with one attached hydrogen (secondary N) is 1. The molecule has 3 heteroatoms. The number of benzene rings is 2. The molecular formula is C19H23NO2. The second-order valence-electron chi connectivity index (χ2n) is 6.13. The smallest absolute Gasteiger partial charge is 0.162 e. The standard InChI is InChI=1S/C19H23NO2/c1-13-5-3-6-14(9-13)16-10-17(11-16)20-12-15-7-4-8-18(22-2)19(15)21/h3-9,16-17,20-21H,10-12H2,1-2H3. The van der Waals surface area contributed by atoms with Crippen molar-refractivity contribution in [2.24, 2.45) is 0 Å². The molecule has 0 amide bonds. The van der Waals surface area contributed by atoms with Crippen molar-refractivity contribution in [3.8, 4) is 11.5 Å². The molecule has 22 heavy (non-hydrogen) atoms. The molecular weight excluding hydrogens is 274 g/mol. The lowest BCUT2D eigenvalue weighted by Crippen LogP contribution is -2.39. The van der Waals surface area contributed by atoms with Crippen molar-refractivity contribution in [3.05, 3.63) is 59.2 Å². The molecule has 116 valence electrons. The fourth-order valence-electron chi connectivity index (χ4n) is 3.11. The summed E-state index contributed by atoms with van der Waals surface area (Å²) in [5.41, 5.74) is 3.66. The monoisotopic (exact) mass is 297 g/mol. The molecule has 0 radical (unpaired) electrons. The molecule has 0 saturated heterocycles. The summed E-state index contributed by atoms with van der Waals surface area (Å²) in [5.74, 6) is 1.44. The van der Waals surface area contributed by atoms with Crippen LogP contribution >= 0.6 is 0 Å². The zero-order valence-electron chi connectivity index (χ0n) is 13.2. The molecule has 2 aromatic carbocycles. The molecule has 1 aliphatic rings. The molecule has 0 spiro atoms. The fourth-order valence-corrected chi connectivity index (χ4v) is 3.11. The predicted octanol–water partition coefficient (Wildman–Crippen LogP) is 3.75. The van der Waals surface area contributed by atoms with Crippen molar-refractivity contribution in [2.45, 2.75) is 38.3 Å². The van der Waals surface area contributed by atoms with Gasteiger partial charge in [0.1, 0.15) is 0 Å². The van der Waals surface area contributed by atoms with E-state index in [-0.39, 0.29) is 5.75 Å². The highest BCUT2D eigenvalue weighted by atomic mass is 16.5. The van der Waals surface area contributed by atoms with Gasteiger partial charge in [-0.05, 0) is 37.3 Å². The van der Waals surface area contributed by atoms with Gasteiger partial charge in [0.15, 0.2) is 11.5 Å². The third-order valence-corrected chi connectivity index (χ3v) is 4.54. The summed E-state index contributed by atoms with van der Waals surface area (Å²) in [6, 6.07) is 14.9. The molecule has 2 N–H and O–H groups in total. The van der Waals surface area contributed by atoms with Crippen molar-refractivity contribution >= 4 is 0 Å². The van der Waals surface area contributed by atoms with E-state index in [1.807, 2.05) is 12.1 Å². The van der Waals surface area contributed by atoms with Crippen LogP contribution in [0.25, 0.3) is 0 Å². The van der Waals surface area contributed by atoms with Crippen LogP contribution in [0.15, 0.2) is 42.5 Å². The first-order chi connectivity index (χ1) is 10.7. The number of hydrogen-bond acceptors (Lipinski definition) is 3. The van der Waals surface area contributed by atoms with E-state index >= 15 is 0 Å². The van der Waals surface area contributed by atoms with Crippen molar-refractivity contribution in [3.63, 3.8) is 0 Å². The predicted molar refractivity (Wildman–Crippen MR) is 88.4 cm³/mol. The van der Waals surface area contributed by atoms with E-state index in [2.05, 4.69) is 36.5 Å². The summed E-state index contributed by atoms with van der Waals surface area (Å²) in [6.07, 6.45) is 2.32. The molecule has 0 bridgehead atoms. The Morgan fingerprint density at radius 3 is 2.68 bits per heavy atom. The van der Waals surface area contributed by atoms with E-state index in [0.717, 1.165) is 18.4 Å². The summed E-state index contributed by atoms with van der Waals surface area (Å²) in [5, 5.41) is 13.6. The quantitative estimate of drug-likeness (QED) is 0.883. The highest BCUT2D eigenvalue weighted by molar-refractivity contribution is 5.45. The van der Waals surface area contributed by atoms with E-state index in [1.54, 1.807) is 13.2 Å². The van der Waals surface area contributed by atoms with Crippen LogP contribution in [0.1, 0.15) is 35.4 Å². The molecule has 1 fully saturated rings. The molecule has 1 aliphatic carbocycles. The SMILES string of the molecule is COc1cccc(CNC2CC(c3cccc(C)c3)C2)c1O. The highest BCUT2D eigenvalue weighted by Gasteiger charge is 2.29. The van der Waals surface area contributed by atoms with Crippen molar-refractivity contribution in [1.82, 2.24) is 5.32 Å². The van der Waals surface area contributed by atoms with E-state index in [1.165, 1.54) is 11.1 Å². The number of aromatic hydroxyl groups is 1. The topological polar surface area (TPSA) is 41.5 Å². The van der Waals surface area contributed by atoms with Crippen LogP contribution in [0, 0.1) is 6.92 Å². The van der Waals surface area contributed by atoms with Crippen LogP contribution in [-0.4, -0.2) is 18.3 Å². The average Bonchev–Trinajstić information content (AvgIpc) is 2.47. The Kier molecular flexibility index (Phi) is 4.34. The maximum absolute atomic E-state index is 10.1. The fraction of sp³-hybridized carbons (Fsp3) is 0.368. The summed E-state index contributed by atoms with van der Waals surface area (Å²) in [4.78, 5) is 0. The maximum atomic E-state index is 10.1. The van der Waals surface area contributed by atoms with Gasteiger partial charge in [-0.3, -0.25) is 0 Å². The van der Waals surface area contributed by atoms with E-state index in [9.17, 15) is 5.11 Å². The number of phenols is 1. The molecule has 0 heterocycles. The van der Waals surface area contributed by atoms with Gasteiger partial charge < -0.3 is 15.2 Å². The average molecular weight is 297 g/mol. The number of hydrogen-bond donors (Lipinski definition) is 2. The van der Waals surface area contributed by atoms with Gasteiger partial charge in [-0.15, -0.1) is 0 Å². The second kappa shape index (κ2) is 6.41. The Hall–Kier alpha value is -2.00. The first-order valence-corrected chi connectivity index (χ1v) is 7.82. The maximum Gasteiger partial charge on any atom is 0.162 e. The summed E-state index contributed by atoms with van der Waals surface area (Å²) in [6.45, 7) is 2.82.